The van der Waals surface area contributed by atoms with Crippen molar-refractivity contribution in [3.05, 3.63) is 54.1 Å². The average Bonchev–Trinajstić information content (AvgIpc) is 2.88. The van der Waals surface area contributed by atoms with Crippen molar-refractivity contribution < 1.29 is 23.8 Å². The third-order valence-corrected chi connectivity index (χ3v) is 7.30. The molecule has 37 heavy (non-hydrogen) atoms. The van der Waals surface area contributed by atoms with E-state index in [-0.39, 0.29) is 18.0 Å². The molecule has 0 saturated carbocycles. The lowest BCUT2D eigenvalue weighted by molar-refractivity contribution is -0.137. The van der Waals surface area contributed by atoms with Crippen LogP contribution in [-0.2, 0) is 20.7 Å². The summed E-state index contributed by atoms with van der Waals surface area (Å²) >= 11 is 0. The van der Waals surface area contributed by atoms with Crippen LogP contribution in [0.2, 0.25) is 0 Å². The zero-order valence-electron chi connectivity index (χ0n) is 22.5. The van der Waals surface area contributed by atoms with Crippen LogP contribution in [0.5, 0.6) is 5.75 Å². The molecule has 7 nitrogen and oxygen atoms in total. The predicted octanol–water partition coefficient (Wildman–Crippen LogP) is 5.22. The minimum Gasteiger partial charge on any atom is -0.496 e. The number of nitrogens with zero attached hydrogens (tertiary/aromatic N) is 1. The monoisotopic (exact) mass is 508 g/mol. The van der Waals surface area contributed by atoms with E-state index in [1.54, 1.807) is 12.0 Å². The Morgan fingerprint density at radius 3 is 2.43 bits per heavy atom. The summed E-state index contributed by atoms with van der Waals surface area (Å²) in [5.74, 6) is 0.921. The quantitative estimate of drug-likeness (QED) is 0.579. The Hall–Kier alpha value is -3.06. The van der Waals surface area contributed by atoms with E-state index in [0.29, 0.717) is 45.6 Å². The van der Waals surface area contributed by atoms with Crippen molar-refractivity contribution >= 4 is 12.0 Å². The van der Waals surface area contributed by atoms with Gasteiger partial charge >= 0.3 is 6.09 Å². The summed E-state index contributed by atoms with van der Waals surface area (Å²) in [6, 6.07) is 16.4. The van der Waals surface area contributed by atoms with E-state index >= 15 is 0 Å². The van der Waals surface area contributed by atoms with Gasteiger partial charge in [-0.25, -0.2) is 4.79 Å². The Balaban J connectivity index is 1.44. The number of benzene rings is 2. The standard InChI is InChI=1S/C30H40N2O5/c1-29(2,3)37-28(34)32-16-12-24(13-17-32)31-27(33)30(14-18-36-19-15-30)21-22-8-7-9-23(20-22)25-10-5-6-11-26(25)35-4/h5-11,20,24H,12-19,21H2,1-4H3,(H,31,33). The third kappa shape index (κ3) is 6.83. The average molecular weight is 509 g/mol. The number of amides is 2. The Bertz CT molecular complexity index is 1080. The molecule has 2 aliphatic rings. The van der Waals surface area contributed by atoms with Gasteiger partial charge in [0.2, 0.25) is 5.91 Å². The van der Waals surface area contributed by atoms with Crippen LogP contribution in [0.15, 0.2) is 48.5 Å². The van der Waals surface area contributed by atoms with Gasteiger partial charge in [0.25, 0.3) is 0 Å². The van der Waals surface area contributed by atoms with Crippen LogP contribution in [0.25, 0.3) is 11.1 Å². The van der Waals surface area contributed by atoms with Crippen molar-refractivity contribution in [2.24, 2.45) is 5.41 Å². The second-order valence-electron chi connectivity index (χ2n) is 11.2. The number of nitrogens with one attached hydrogen (secondary N) is 1. The Morgan fingerprint density at radius 2 is 1.76 bits per heavy atom. The molecule has 0 aromatic heterocycles. The Morgan fingerprint density at radius 1 is 1.05 bits per heavy atom. The Labute approximate surface area is 220 Å². The van der Waals surface area contributed by atoms with E-state index in [1.807, 2.05) is 39.0 Å². The molecule has 0 unspecified atom stereocenters. The fourth-order valence-corrected chi connectivity index (χ4v) is 5.24. The van der Waals surface area contributed by atoms with Crippen LogP contribution in [0, 0.1) is 5.41 Å². The maximum Gasteiger partial charge on any atom is 0.410 e. The Kier molecular flexibility index (Phi) is 8.42. The second-order valence-corrected chi connectivity index (χ2v) is 11.2. The summed E-state index contributed by atoms with van der Waals surface area (Å²) in [7, 11) is 1.68. The minimum atomic E-state index is -0.514. The molecule has 2 fully saturated rings. The van der Waals surface area contributed by atoms with E-state index in [9.17, 15) is 9.59 Å². The second kappa shape index (κ2) is 11.5. The predicted molar refractivity (Wildman–Crippen MR) is 144 cm³/mol. The molecule has 4 rings (SSSR count). The molecule has 2 aromatic carbocycles. The first kappa shape index (κ1) is 27.0. The highest BCUT2D eigenvalue weighted by molar-refractivity contribution is 5.83. The van der Waals surface area contributed by atoms with Gasteiger partial charge in [-0.15, -0.1) is 0 Å². The molecule has 2 saturated heterocycles. The van der Waals surface area contributed by atoms with Crippen LogP contribution in [-0.4, -0.2) is 62.0 Å². The van der Waals surface area contributed by atoms with Gasteiger partial charge < -0.3 is 24.4 Å². The normalized spacial score (nSPS) is 18.2. The summed E-state index contributed by atoms with van der Waals surface area (Å²) in [5, 5.41) is 3.33. The van der Waals surface area contributed by atoms with E-state index in [2.05, 4.69) is 35.6 Å². The molecule has 0 bridgehead atoms. The van der Waals surface area contributed by atoms with E-state index in [0.717, 1.165) is 35.3 Å². The largest absolute Gasteiger partial charge is 0.496 e. The van der Waals surface area contributed by atoms with E-state index in [1.165, 1.54) is 0 Å². The molecule has 2 amide bonds. The highest BCUT2D eigenvalue weighted by atomic mass is 16.6. The van der Waals surface area contributed by atoms with Gasteiger partial charge in [-0.05, 0) is 70.1 Å². The van der Waals surface area contributed by atoms with E-state index in [4.69, 9.17) is 14.2 Å². The third-order valence-electron chi connectivity index (χ3n) is 7.30. The van der Waals surface area contributed by atoms with Crippen molar-refractivity contribution in [1.29, 1.82) is 0 Å². The lowest BCUT2D eigenvalue weighted by Gasteiger charge is -2.39. The fourth-order valence-electron chi connectivity index (χ4n) is 5.24. The molecule has 2 aromatic rings. The van der Waals surface area contributed by atoms with Crippen molar-refractivity contribution in [1.82, 2.24) is 10.2 Å². The molecule has 7 heteroatoms. The lowest BCUT2D eigenvalue weighted by Crippen LogP contribution is -2.53. The number of hydrogen-bond acceptors (Lipinski definition) is 5. The van der Waals surface area contributed by atoms with Gasteiger partial charge in [0.1, 0.15) is 11.4 Å². The molecular formula is C30H40N2O5. The molecule has 200 valence electrons. The number of methoxy groups -OCH3 is 1. The summed E-state index contributed by atoms with van der Waals surface area (Å²) in [5.41, 5.74) is 2.21. The summed E-state index contributed by atoms with van der Waals surface area (Å²) in [4.78, 5) is 27.9. The van der Waals surface area contributed by atoms with Crippen molar-refractivity contribution in [2.45, 2.75) is 64.5 Å². The maximum absolute atomic E-state index is 13.8. The molecule has 0 aliphatic carbocycles. The number of para-hydroxylation sites is 1. The number of ether oxygens (including phenoxy) is 3. The molecule has 1 N–H and O–H groups in total. The molecule has 0 spiro atoms. The highest BCUT2D eigenvalue weighted by Crippen LogP contribution is 2.37. The van der Waals surface area contributed by atoms with E-state index < -0.39 is 11.0 Å². The number of hydrogen-bond donors (Lipinski definition) is 1. The maximum atomic E-state index is 13.8. The van der Waals surface area contributed by atoms with Gasteiger partial charge in [-0.1, -0.05) is 42.5 Å². The fraction of sp³-hybridized carbons (Fsp3) is 0.533. The first-order valence-corrected chi connectivity index (χ1v) is 13.3. The smallest absolute Gasteiger partial charge is 0.410 e. The van der Waals surface area contributed by atoms with Crippen molar-refractivity contribution in [3.63, 3.8) is 0 Å². The number of carbonyl (C=O) groups is 2. The SMILES string of the molecule is COc1ccccc1-c1cccc(CC2(C(=O)NC3CCN(C(=O)OC(C)(C)C)CC3)CCOCC2)c1. The summed E-state index contributed by atoms with van der Waals surface area (Å²) in [6.45, 7) is 7.94. The highest BCUT2D eigenvalue weighted by Gasteiger charge is 2.41. The first-order valence-electron chi connectivity index (χ1n) is 13.3. The van der Waals surface area contributed by atoms with Crippen molar-refractivity contribution in [3.8, 4) is 16.9 Å². The summed E-state index contributed by atoms with van der Waals surface area (Å²) in [6.07, 6.45) is 3.19. The number of carbonyl (C=O) groups excluding carboxylic acids is 2. The topological polar surface area (TPSA) is 77.1 Å². The first-order chi connectivity index (χ1) is 17.7. The van der Waals surface area contributed by atoms with Crippen molar-refractivity contribution in [2.75, 3.05) is 33.4 Å². The number of piperidine rings is 1. The van der Waals surface area contributed by atoms with Crippen LogP contribution in [0.4, 0.5) is 4.79 Å². The molecular weight excluding hydrogens is 468 g/mol. The van der Waals surface area contributed by atoms with Crippen LogP contribution in [0.3, 0.4) is 0 Å². The van der Waals surface area contributed by atoms with Gasteiger partial charge in [-0.2, -0.15) is 0 Å². The number of likely N-dealkylation sites (tertiary alicyclic amines) is 1. The van der Waals surface area contributed by atoms with Crippen LogP contribution >= 0.6 is 0 Å². The molecule has 2 aliphatic heterocycles. The number of rotatable bonds is 6. The van der Waals surface area contributed by atoms with Gasteiger partial charge in [0, 0.05) is 37.9 Å². The van der Waals surface area contributed by atoms with Gasteiger partial charge in [0.15, 0.2) is 0 Å². The molecule has 2 heterocycles. The van der Waals surface area contributed by atoms with Gasteiger partial charge in [-0.3, -0.25) is 4.79 Å². The lowest BCUT2D eigenvalue weighted by atomic mass is 9.74. The van der Waals surface area contributed by atoms with Gasteiger partial charge in [0.05, 0.1) is 12.5 Å². The minimum absolute atomic E-state index is 0.0471. The zero-order chi connectivity index (χ0) is 26.5. The zero-order valence-corrected chi connectivity index (χ0v) is 22.5. The summed E-state index contributed by atoms with van der Waals surface area (Å²) < 4.78 is 16.7. The van der Waals surface area contributed by atoms with Crippen LogP contribution in [0.1, 0.15) is 52.0 Å². The molecule has 0 radical (unpaired) electrons. The van der Waals surface area contributed by atoms with Crippen LogP contribution < -0.4 is 10.1 Å². The molecule has 0 atom stereocenters.